The maximum absolute atomic E-state index is 11.5. The number of aliphatic carboxylic acids is 1. The maximum atomic E-state index is 11.5. The molecule has 1 heterocycles. The molecule has 1 fully saturated rings. The molecule has 1 aliphatic heterocycles. The van der Waals surface area contributed by atoms with Crippen LogP contribution in [0, 0.1) is 0 Å². The zero-order chi connectivity index (χ0) is 10.7. The Morgan fingerprint density at radius 2 is 2.21 bits per heavy atom. The maximum Gasteiger partial charge on any atom is 0.305 e. The van der Waals surface area contributed by atoms with Crippen LogP contribution < -0.4 is 0 Å². The molecule has 5 nitrogen and oxygen atoms in total. The molecular formula is C9H16N2O3. The minimum Gasteiger partial charge on any atom is -0.481 e. The van der Waals surface area contributed by atoms with Gasteiger partial charge < -0.3 is 10.0 Å². The first-order chi connectivity index (χ1) is 6.50. The molecule has 0 spiro atoms. The van der Waals surface area contributed by atoms with Gasteiger partial charge >= 0.3 is 5.97 Å². The van der Waals surface area contributed by atoms with Crippen LogP contribution in [0.4, 0.5) is 0 Å². The zero-order valence-electron chi connectivity index (χ0n) is 8.56. The first kappa shape index (κ1) is 11.0. The van der Waals surface area contributed by atoms with E-state index in [9.17, 15) is 9.59 Å². The van der Waals surface area contributed by atoms with Crippen LogP contribution in [0.25, 0.3) is 0 Å². The fourth-order valence-electron chi connectivity index (χ4n) is 1.63. The predicted octanol–water partition coefficient (Wildman–Crippen LogP) is -0.376. The summed E-state index contributed by atoms with van der Waals surface area (Å²) in [5.41, 5.74) is 0. The molecule has 0 bridgehead atoms. The van der Waals surface area contributed by atoms with E-state index in [-0.39, 0.29) is 18.4 Å². The smallest absolute Gasteiger partial charge is 0.305 e. The SMILES string of the molecule is CC(CC(=O)O)N1CCN(C)CC1=O. The van der Waals surface area contributed by atoms with Gasteiger partial charge in [0.05, 0.1) is 13.0 Å². The quantitative estimate of drug-likeness (QED) is 0.675. The highest BCUT2D eigenvalue weighted by Crippen LogP contribution is 2.09. The Kier molecular flexibility index (Phi) is 3.46. The molecule has 14 heavy (non-hydrogen) atoms. The van der Waals surface area contributed by atoms with Gasteiger partial charge in [0.25, 0.3) is 0 Å². The molecule has 1 unspecified atom stereocenters. The third-order valence-corrected chi connectivity index (χ3v) is 2.45. The van der Waals surface area contributed by atoms with Crippen LogP contribution in [-0.4, -0.2) is 59.5 Å². The molecule has 0 aliphatic carbocycles. The van der Waals surface area contributed by atoms with E-state index >= 15 is 0 Å². The number of carboxylic acids is 1. The lowest BCUT2D eigenvalue weighted by Gasteiger charge is -2.35. The normalized spacial score (nSPS) is 21.0. The molecule has 1 saturated heterocycles. The number of carboxylic acid groups (broad SMARTS) is 1. The van der Waals surface area contributed by atoms with Gasteiger partial charge in [-0.05, 0) is 14.0 Å². The van der Waals surface area contributed by atoms with Crippen LogP contribution in [0.5, 0.6) is 0 Å². The summed E-state index contributed by atoms with van der Waals surface area (Å²) in [6.45, 7) is 3.61. The summed E-state index contributed by atoms with van der Waals surface area (Å²) in [6, 6.07) is -0.200. The van der Waals surface area contributed by atoms with Crippen LogP contribution in [-0.2, 0) is 9.59 Å². The number of amides is 1. The van der Waals surface area contributed by atoms with E-state index in [0.717, 1.165) is 6.54 Å². The summed E-state index contributed by atoms with van der Waals surface area (Å²) in [5.74, 6) is -0.836. The largest absolute Gasteiger partial charge is 0.481 e. The van der Waals surface area contributed by atoms with Gasteiger partial charge in [-0.2, -0.15) is 0 Å². The van der Waals surface area contributed by atoms with Crippen LogP contribution in [0.1, 0.15) is 13.3 Å². The number of rotatable bonds is 3. The number of carbonyl (C=O) groups excluding carboxylic acids is 1. The lowest BCUT2D eigenvalue weighted by Crippen LogP contribution is -2.52. The Morgan fingerprint density at radius 3 is 2.71 bits per heavy atom. The van der Waals surface area contributed by atoms with E-state index in [4.69, 9.17) is 5.11 Å². The molecule has 0 aromatic rings. The lowest BCUT2D eigenvalue weighted by molar-refractivity contribution is -0.142. The first-order valence-corrected chi connectivity index (χ1v) is 4.70. The van der Waals surface area contributed by atoms with Crippen molar-refractivity contribution in [3.63, 3.8) is 0 Å². The highest BCUT2D eigenvalue weighted by Gasteiger charge is 2.26. The Bertz CT molecular complexity index is 242. The predicted molar refractivity (Wildman–Crippen MR) is 50.9 cm³/mol. The van der Waals surface area contributed by atoms with Crippen molar-refractivity contribution in [2.45, 2.75) is 19.4 Å². The van der Waals surface area contributed by atoms with Gasteiger partial charge in [0, 0.05) is 19.1 Å². The molecule has 0 saturated carbocycles. The summed E-state index contributed by atoms with van der Waals surface area (Å²) in [6.07, 6.45) is 0.0233. The van der Waals surface area contributed by atoms with Gasteiger partial charge in [0.2, 0.25) is 5.91 Å². The fraction of sp³-hybridized carbons (Fsp3) is 0.778. The van der Waals surface area contributed by atoms with Gasteiger partial charge in [-0.3, -0.25) is 14.5 Å². The van der Waals surface area contributed by atoms with E-state index in [2.05, 4.69) is 0 Å². The molecule has 0 aromatic heterocycles. The highest BCUT2D eigenvalue weighted by molar-refractivity contribution is 5.80. The summed E-state index contributed by atoms with van der Waals surface area (Å²) in [4.78, 5) is 25.6. The molecule has 1 rings (SSSR count). The number of piperazine rings is 1. The minimum atomic E-state index is -0.857. The van der Waals surface area contributed by atoms with Gasteiger partial charge in [-0.25, -0.2) is 0 Å². The van der Waals surface area contributed by atoms with E-state index in [1.807, 2.05) is 11.9 Å². The molecular weight excluding hydrogens is 184 g/mol. The third kappa shape index (κ3) is 2.70. The van der Waals surface area contributed by atoms with Crippen LogP contribution in [0.3, 0.4) is 0 Å². The topological polar surface area (TPSA) is 60.9 Å². The van der Waals surface area contributed by atoms with Gasteiger partial charge in [0.15, 0.2) is 0 Å². The molecule has 1 amide bonds. The first-order valence-electron chi connectivity index (χ1n) is 4.70. The van der Waals surface area contributed by atoms with Crippen molar-refractivity contribution in [1.29, 1.82) is 0 Å². The molecule has 0 radical (unpaired) electrons. The number of hydrogen-bond donors (Lipinski definition) is 1. The number of nitrogens with zero attached hydrogens (tertiary/aromatic N) is 2. The fourth-order valence-corrected chi connectivity index (χ4v) is 1.63. The number of hydrogen-bond acceptors (Lipinski definition) is 3. The van der Waals surface area contributed by atoms with Crippen LogP contribution in [0.15, 0.2) is 0 Å². The van der Waals surface area contributed by atoms with Crippen molar-refractivity contribution in [3.05, 3.63) is 0 Å². The van der Waals surface area contributed by atoms with Gasteiger partial charge in [0.1, 0.15) is 0 Å². The van der Waals surface area contributed by atoms with E-state index in [1.165, 1.54) is 0 Å². The number of carbonyl (C=O) groups is 2. The second-order valence-corrected chi connectivity index (χ2v) is 3.77. The van der Waals surface area contributed by atoms with Gasteiger partial charge in [-0.15, -0.1) is 0 Å². The van der Waals surface area contributed by atoms with Crippen LogP contribution in [0.2, 0.25) is 0 Å². The zero-order valence-corrected chi connectivity index (χ0v) is 8.56. The monoisotopic (exact) mass is 200 g/mol. The Balaban J connectivity index is 2.51. The molecule has 1 atom stereocenters. The Hall–Kier alpha value is -1.10. The van der Waals surface area contributed by atoms with Crippen molar-refractivity contribution < 1.29 is 14.7 Å². The van der Waals surface area contributed by atoms with Crippen molar-refractivity contribution in [3.8, 4) is 0 Å². The lowest BCUT2D eigenvalue weighted by atomic mass is 10.1. The van der Waals surface area contributed by atoms with Crippen molar-refractivity contribution in [1.82, 2.24) is 9.80 Å². The number of likely N-dealkylation sites (N-methyl/N-ethyl adjacent to an activating group) is 1. The van der Waals surface area contributed by atoms with E-state index < -0.39 is 5.97 Å². The highest BCUT2D eigenvalue weighted by atomic mass is 16.4. The van der Waals surface area contributed by atoms with Crippen LogP contribution >= 0.6 is 0 Å². The average molecular weight is 200 g/mol. The average Bonchev–Trinajstić information content (AvgIpc) is 2.01. The van der Waals surface area contributed by atoms with Crippen molar-refractivity contribution in [2.24, 2.45) is 0 Å². The summed E-state index contributed by atoms with van der Waals surface area (Å²) in [5, 5.41) is 8.60. The summed E-state index contributed by atoms with van der Waals surface area (Å²) >= 11 is 0. The standard InChI is InChI=1S/C9H16N2O3/c1-7(5-9(13)14)11-4-3-10(2)6-8(11)12/h7H,3-6H2,1-2H3,(H,13,14). The Morgan fingerprint density at radius 1 is 1.57 bits per heavy atom. The summed E-state index contributed by atoms with van der Waals surface area (Å²) in [7, 11) is 1.89. The molecule has 5 heteroatoms. The molecule has 80 valence electrons. The third-order valence-electron chi connectivity index (χ3n) is 2.45. The van der Waals surface area contributed by atoms with Gasteiger partial charge in [-0.1, -0.05) is 0 Å². The minimum absolute atomic E-state index is 0.0208. The summed E-state index contributed by atoms with van der Waals surface area (Å²) < 4.78 is 0. The van der Waals surface area contributed by atoms with Crippen molar-refractivity contribution in [2.75, 3.05) is 26.7 Å². The van der Waals surface area contributed by atoms with E-state index in [0.29, 0.717) is 13.1 Å². The Labute approximate surface area is 83.3 Å². The van der Waals surface area contributed by atoms with Crippen molar-refractivity contribution >= 4 is 11.9 Å². The molecule has 1 N–H and O–H groups in total. The second kappa shape index (κ2) is 4.41. The molecule has 1 aliphatic rings. The van der Waals surface area contributed by atoms with E-state index in [1.54, 1.807) is 11.8 Å². The second-order valence-electron chi connectivity index (χ2n) is 3.77. The molecule has 0 aromatic carbocycles.